The molecule has 0 aromatic heterocycles. The van der Waals surface area contributed by atoms with Crippen LogP contribution in [0.1, 0.15) is 22.3 Å². The van der Waals surface area contributed by atoms with E-state index in [0.717, 1.165) is 16.5 Å². The molecule has 2 rings (SSSR count). The van der Waals surface area contributed by atoms with E-state index < -0.39 is 0 Å². The van der Waals surface area contributed by atoms with E-state index in [-0.39, 0.29) is 24.0 Å². The Hall–Kier alpha value is -0.420. The summed E-state index contributed by atoms with van der Waals surface area (Å²) < 4.78 is 0.807. The standard InChI is InChI=1S/C12H16NO.HI/c1-13(2,3)10-5-6-11-9(8-10)4-7-12(11)14;/h5-6,8H,4,7H2,1-3H3;1H/q+1;/p-1. The van der Waals surface area contributed by atoms with E-state index in [2.05, 4.69) is 33.3 Å². The highest BCUT2D eigenvalue weighted by Crippen LogP contribution is 2.27. The molecular formula is C12H16INO. The number of Topliss-reactive ketones (excluding diaryl/α,β-unsaturated/α-hetero) is 1. The van der Waals surface area contributed by atoms with E-state index in [1.165, 1.54) is 11.3 Å². The highest BCUT2D eigenvalue weighted by molar-refractivity contribution is 6.00. The molecule has 1 aliphatic rings. The van der Waals surface area contributed by atoms with Gasteiger partial charge in [-0.1, -0.05) is 0 Å². The maximum absolute atomic E-state index is 11.4. The molecule has 0 atom stereocenters. The largest absolute Gasteiger partial charge is 1.00 e. The maximum atomic E-state index is 11.4. The summed E-state index contributed by atoms with van der Waals surface area (Å²) >= 11 is 0. The van der Waals surface area contributed by atoms with Gasteiger partial charge in [0.2, 0.25) is 0 Å². The minimum absolute atomic E-state index is 0. The topological polar surface area (TPSA) is 17.1 Å². The number of nitrogens with zero attached hydrogens (tertiary/aromatic N) is 1. The van der Waals surface area contributed by atoms with Crippen molar-refractivity contribution in [3.8, 4) is 0 Å². The quantitative estimate of drug-likeness (QED) is 0.481. The summed E-state index contributed by atoms with van der Waals surface area (Å²) in [5.41, 5.74) is 3.42. The van der Waals surface area contributed by atoms with Crippen molar-refractivity contribution in [2.45, 2.75) is 12.8 Å². The van der Waals surface area contributed by atoms with Crippen LogP contribution in [0.15, 0.2) is 18.2 Å². The lowest BCUT2D eigenvalue weighted by Gasteiger charge is -2.23. The van der Waals surface area contributed by atoms with Gasteiger partial charge in [-0.2, -0.15) is 0 Å². The van der Waals surface area contributed by atoms with Crippen molar-refractivity contribution in [2.24, 2.45) is 0 Å². The van der Waals surface area contributed by atoms with Crippen molar-refractivity contribution in [3.63, 3.8) is 0 Å². The lowest BCUT2D eigenvalue weighted by Crippen LogP contribution is -3.00. The van der Waals surface area contributed by atoms with E-state index in [9.17, 15) is 4.79 Å². The number of benzene rings is 1. The first kappa shape index (κ1) is 12.6. The number of carbonyl (C=O) groups is 1. The molecule has 0 unspecified atom stereocenters. The Morgan fingerprint density at radius 3 is 2.40 bits per heavy atom. The normalized spacial score (nSPS) is 14.7. The van der Waals surface area contributed by atoms with Gasteiger partial charge in [0.25, 0.3) is 0 Å². The molecule has 0 saturated heterocycles. The number of aryl methyl sites for hydroxylation is 1. The third kappa shape index (κ3) is 2.39. The molecule has 1 aliphatic carbocycles. The summed E-state index contributed by atoms with van der Waals surface area (Å²) in [5.74, 6) is 0.299. The number of hydrogen-bond donors (Lipinski definition) is 0. The number of carbonyl (C=O) groups excluding carboxylic acids is 1. The summed E-state index contributed by atoms with van der Waals surface area (Å²) in [6.45, 7) is 0. The molecule has 0 fully saturated rings. The van der Waals surface area contributed by atoms with Crippen molar-refractivity contribution >= 4 is 11.5 Å². The first-order valence-corrected chi connectivity index (χ1v) is 4.96. The van der Waals surface area contributed by atoms with Crippen molar-refractivity contribution < 1.29 is 28.8 Å². The fourth-order valence-corrected chi connectivity index (χ4v) is 1.86. The Labute approximate surface area is 108 Å². The van der Waals surface area contributed by atoms with Gasteiger partial charge in [-0.3, -0.25) is 9.28 Å². The van der Waals surface area contributed by atoms with Gasteiger partial charge in [-0.25, -0.2) is 0 Å². The van der Waals surface area contributed by atoms with Crippen LogP contribution < -0.4 is 28.5 Å². The Morgan fingerprint density at radius 2 is 1.80 bits per heavy atom. The zero-order valence-electron chi connectivity index (χ0n) is 9.38. The molecule has 0 aliphatic heterocycles. The molecule has 1 aromatic rings. The predicted molar refractivity (Wildman–Crippen MR) is 58.7 cm³/mol. The molecule has 0 heterocycles. The minimum Gasteiger partial charge on any atom is -1.00 e. The average Bonchev–Trinajstić information content (AvgIpc) is 2.46. The van der Waals surface area contributed by atoms with Crippen LogP contribution >= 0.6 is 0 Å². The van der Waals surface area contributed by atoms with Crippen LogP contribution in [0.25, 0.3) is 0 Å². The fourth-order valence-electron chi connectivity index (χ4n) is 1.86. The van der Waals surface area contributed by atoms with E-state index in [1.807, 2.05) is 6.07 Å². The SMILES string of the molecule is C[N+](C)(C)c1ccc2c(c1)CCC2=O.[I-]. The van der Waals surface area contributed by atoms with Gasteiger partial charge in [0.1, 0.15) is 5.69 Å². The third-order valence-corrected chi connectivity index (χ3v) is 2.79. The molecule has 0 bridgehead atoms. The first-order chi connectivity index (χ1) is 6.48. The van der Waals surface area contributed by atoms with Crippen LogP contribution in [0, 0.1) is 0 Å². The summed E-state index contributed by atoms with van der Waals surface area (Å²) in [6.07, 6.45) is 1.61. The fraction of sp³-hybridized carbons (Fsp3) is 0.417. The van der Waals surface area contributed by atoms with Crippen LogP contribution in [-0.2, 0) is 6.42 Å². The summed E-state index contributed by atoms with van der Waals surface area (Å²) in [5, 5.41) is 0. The van der Waals surface area contributed by atoms with Crippen molar-refractivity contribution in [1.29, 1.82) is 0 Å². The first-order valence-electron chi connectivity index (χ1n) is 4.96. The van der Waals surface area contributed by atoms with E-state index in [0.29, 0.717) is 12.2 Å². The van der Waals surface area contributed by atoms with E-state index >= 15 is 0 Å². The van der Waals surface area contributed by atoms with Crippen LogP contribution in [0.3, 0.4) is 0 Å². The van der Waals surface area contributed by atoms with Gasteiger partial charge in [0.15, 0.2) is 5.78 Å². The zero-order valence-corrected chi connectivity index (χ0v) is 11.5. The van der Waals surface area contributed by atoms with Crippen LogP contribution in [0.2, 0.25) is 0 Å². The smallest absolute Gasteiger partial charge is 0.163 e. The average molecular weight is 317 g/mol. The number of rotatable bonds is 1. The second-order valence-corrected chi connectivity index (χ2v) is 4.78. The number of fused-ring (bicyclic) bond motifs is 1. The zero-order chi connectivity index (χ0) is 10.3. The van der Waals surface area contributed by atoms with E-state index in [1.54, 1.807) is 0 Å². The van der Waals surface area contributed by atoms with Crippen LogP contribution in [-0.4, -0.2) is 26.9 Å². The van der Waals surface area contributed by atoms with Crippen molar-refractivity contribution in [3.05, 3.63) is 29.3 Å². The molecule has 1 aromatic carbocycles. The summed E-state index contributed by atoms with van der Waals surface area (Å²) in [4.78, 5) is 11.4. The third-order valence-electron chi connectivity index (χ3n) is 2.79. The molecule has 0 N–H and O–H groups in total. The lowest BCUT2D eigenvalue weighted by atomic mass is 10.1. The second-order valence-electron chi connectivity index (χ2n) is 4.78. The summed E-state index contributed by atoms with van der Waals surface area (Å²) in [7, 11) is 6.41. The monoisotopic (exact) mass is 317 g/mol. The molecule has 0 amide bonds. The Kier molecular flexibility index (Phi) is 3.55. The number of hydrogen-bond acceptors (Lipinski definition) is 1. The van der Waals surface area contributed by atoms with Gasteiger partial charge in [0.05, 0.1) is 21.1 Å². The van der Waals surface area contributed by atoms with Crippen molar-refractivity contribution in [2.75, 3.05) is 21.1 Å². The van der Waals surface area contributed by atoms with Crippen molar-refractivity contribution in [1.82, 2.24) is 4.48 Å². The molecule has 0 spiro atoms. The van der Waals surface area contributed by atoms with Gasteiger partial charge >= 0.3 is 0 Å². The number of ketones is 1. The summed E-state index contributed by atoms with van der Waals surface area (Å²) in [6, 6.07) is 6.20. The molecule has 82 valence electrons. The molecule has 0 radical (unpaired) electrons. The predicted octanol–water partition coefficient (Wildman–Crippen LogP) is -0.984. The Bertz CT molecular complexity index is 393. The maximum Gasteiger partial charge on any atom is 0.163 e. The van der Waals surface area contributed by atoms with Crippen LogP contribution in [0.4, 0.5) is 5.69 Å². The Morgan fingerprint density at radius 1 is 1.13 bits per heavy atom. The van der Waals surface area contributed by atoms with Gasteiger partial charge in [-0.05, 0) is 24.1 Å². The van der Waals surface area contributed by atoms with Gasteiger partial charge in [-0.15, -0.1) is 0 Å². The van der Waals surface area contributed by atoms with Gasteiger partial charge in [0, 0.05) is 18.1 Å². The highest BCUT2D eigenvalue weighted by atomic mass is 127. The lowest BCUT2D eigenvalue weighted by molar-refractivity contribution is -0.0000110. The minimum atomic E-state index is 0. The molecular weight excluding hydrogens is 301 g/mol. The number of quaternary nitrogens is 1. The number of halogens is 1. The second kappa shape index (κ2) is 4.22. The molecule has 15 heavy (non-hydrogen) atoms. The van der Waals surface area contributed by atoms with Gasteiger partial charge < -0.3 is 24.0 Å². The Balaban J connectivity index is 0.00000112. The van der Waals surface area contributed by atoms with E-state index in [4.69, 9.17) is 0 Å². The highest BCUT2D eigenvalue weighted by Gasteiger charge is 2.22. The van der Waals surface area contributed by atoms with Crippen LogP contribution in [0.5, 0.6) is 0 Å². The molecule has 0 saturated carbocycles. The molecule has 2 nitrogen and oxygen atoms in total. The molecule has 3 heteroatoms.